The minimum Gasteiger partial charge on any atom is -0.338 e. The highest BCUT2D eigenvalue weighted by atomic mass is 32.2. The van der Waals surface area contributed by atoms with Crippen molar-refractivity contribution >= 4 is 15.9 Å². The monoisotopic (exact) mass is 329 g/mol. The fourth-order valence-corrected chi connectivity index (χ4v) is 3.34. The number of piperidine rings is 1. The molecule has 1 aromatic rings. The topological polar surface area (TPSA) is 92.5 Å². The molecule has 0 radical (unpaired) electrons. The highest BCUT2D eigenvalue weighted by molar-refractivity contribution is 7.89. The Morgan fingerprint density at radius 2 is 2.23 bits per heavy atom. The minimum atomic E-state index is -4.13. The molecular weight excluding hydrogens is 309 g/mol. The molecule has 1 aliphatic heterocycles. The first-order valence-electron chi connectivity index (χ1n) is 7.09. The Hall–Kier alpha value is -1.51. The molecule has 2 rings (SSSR count). The number of hydrogen-bond acceptors (Lipinski definition) is 4. The Labute approximate surface area is 129 Å². The van der Waals surface area contributed by atoms with E-state index in [1.807, 2.05) is 7.05 Å². The molecule has 1 amide bonds. The highest BCUT2D eigenvalue weighted by Gasteiger charge is 2.25. The van der Waals surface area contributed by atoms with Crippen LogP contribution in [0.3, 0.4) is 0 Å². The van der Waals surface area contributed by atoms with Crippen LogP contribution in [-0.2, 0) is 10.0 Å². The Kier molecular flexibility index (Phi) is 5.15. The Bertz CT molecular complexity index is 661. The van der Waals surface area contributed by atoms with Gasteiger partial charge in [0.15, 0.2) is 0 Å². The molecule has 0 spiro atoms. The summed E-state index contributed by atoms with van der Waals surface area (Å²) in [4.78, 5) is 13.5. The number of nitrogens with two attached hydrogens (primary N) is 1. The number of rotatable bonds is 4. The third-order valence-electron chi connectivity index (χ3n) is 3.78. The lowest BCUT2D eigenvalue weighted by molar-refractivity contribution is 0.0673. The number of carbonyl (C=O) groups excluding carboxylic acids is 1. The molecule has 1 aromatic carbocycles. The lowest BCUT2D eigenvalue weighted by Gasteiger charge is -2.32. The number of amides is 1. The molecule has 0 aliphatic carbocycles. The zero-order valence-electron chi connectivity index (χ0n) is 12.4. The molecule has 122 valence electrons. The molecule has 3 N–H and O–H groups in total. The number of sulfonamides is 1. The fraction of sp³-hybridized carbons (Fsp3) is 0.500. The fourth-order valence-electron chi connectivity index (χ4n) is 2.75. The summed E-state index contributed by atoms with van der Waals surface area (Å²) < 4.78 is 36.2. The lowest BCUT2D eigenvalue weighted by Crippen LogP contribution is -2.42. The van der Waals surface area contributed by atoms with Crippen LogP contribution >= 0.6 is 0 Å². The van der Waals surface area contributed by atoms with Gasteiger partial charge in [0.2, 0.25) is 10.0 Å². The van der Waals surface area contributed by atoms with Gasteiger partial charge in [-0.2, -0.15) is 0 Å². The van der Waals surface area contributed by atoms with Crippen LogP contribution in [-0.4, -0.2) is 45.9 Å². The standard InChI is InChI=1S/C14H20FN3O3S/c1-17-8-10-3-2-6-18(9-10)14(19)11-4-5-13(12(15)7-11)22(16,20)21/h4-5,7,10,17H,2-3,6,8-9H2,1H3,(H2,16,20,21). The Balaban J connectivity index is 2.18. The number of nitrogens with one attached hydrogen (secondary N) is 1. The smallest absolute Gasteiger partial charge is 0.253 e. The number of carbonyl (C=O) groups is 1. The number of nitrogens with zero attached hydrogens (tertiary/aromatic N) is 1. The summed E-state index contributed by atoms with van der Waals surface area (Å²) >= 11 is 0. The molecule has 1 aliphatic rings. The van der Waals surface area contributed by atoms with Crippen molar-refractivity contribution in [1.29, 1.82) is 0 Å². The van der Waals surface area contributed by atoms with Crippen molar-refractivity contribution < 1.29 is 17.6 Å². The molecule has 1 atom stereocenters. The second kappa shape index (κ2) is 6.72. The maximum absolute atomic E-state index is 13.8. The van der Waals surface area contributed by atoms with Gasteiger partial charge in [-0.15, -0.1) is 0 Å². The summed E-state index contributed by atoms with van der Waals surface area (Å²) in [7, 11) is -2.26. The maximum Gasteiger partial charge on any atom is 0.253 e. The number of halogens is 1. The third kappa shape index (κ3) is 3.82. The number of hydrogen-bond donors (Lipinski definition) is 2. The molecule has 22 heavy (non-hydrogen) atoms. The van der Waals surface area contributed by atoms with Crippen molar-refractivity contribution in [3.63, 3.8) is 0 Å². The molecule has 1 fully saturated rings. The van der Waals surface area contributed by atoms with E-state index in [0.29, 0.717) is 19.0 Å². The van der Waals surface area contributed by atoms with Gasteiger partial charge in [0.25, 0.3) is 5.91 Å². The first kappa shape index (κ1) is 16.9. The molecule has 0 aromatic heterocycles. The van der Waals surface area contributed by atoms with E-state index < -0.39 is 20.7 Å². The molecule has 1 heterocycles. The molecule has 6 nitrogen and oxygen atoms in total. The van der Waals surface area contributed by atoms with Gasteiger partial charge in [-0.3, -0.25) is 4.79 Å². The number of benzene rings is 1. The molecule has 0 saturated carbocycles. The van der Waals surface area contributed by atoms with Gasteiger partial charge in [0.05, 0.1) is 0 Å². The van der Waals surface area contributed by atoms with Crippen LogP contribution in [0.4, 0.5) is 4.39 Å². The first-order valence-corrected chi connectivity index (χ1v) is 8.63. The van der Waals surface area contributed by atoms with E-state index in [0.717, 1.165) is 31.5 Å². The van der Waals surface area contributed by atoms with Crippen LogP contribution in [0.5, 0.6) is 0 Å². The van der Waals surface area contributed by atoms with Gasteiger partial charge in [0, 0.05) is 18.7 Å². The van der Waals surface area contributed by atoms with Crippen molar-refractivity contribution in [3.05, 3.63) is 29.6 Å². The summed E-state index contributed by atoms with van der Waals surface area (Å²) in [6.45, 7) is 2.05. The Morgan fingerprint density at radius 3 is 2.82 bits per heavy atom. The zero-order valence-corrected chi connectivity index (χ0v) is 13.2. The van der Waals surface area contributed by atoms with Gasteiger partial charge in [-0.25, -0.2) is 17.9 Å². The van der Waals surface area contributed by atoms with Gasteiger partial charge in [-0.05, 0) is 50.6 Å². The van der Waals surface area contributed by atoms with Crippen LogP contribution in [0.2, 0.25) is 0 Å². The van der Waals surface area contributed by atoms with Crippen LogP contribution in [0.25, 0.3) is 0 Å². The van der Waals surface area contributed by atoms with E-state index in [1.54, 1.807) is 4.90 Å². The molecular formula is C14H20FN3O3S. The predicted octanol–water partition coefficient (Wildman–Crippen LogP) is 0.545. The van der Waals surface area contributed by atoms with E-state index in [-0.39, 0.29) is 11.5 Å². The Morgan fingerprint density at radius 1 is 1.50 bits per heavy atom. The van der Waals surface area contributed by atoms with Gasteiger partial charge in [-0.1, -0.05) is 0 Å². The van der Waals surface area contributed by atoms with Crippen LogP contribution in [0.1, 0.15) is 23.2 Å². The third-order valence-corrected chi connectivity index (χ3v) is 4.73. The quantitative estimate of drug-likeness (QED) is 0.843. The maximum atomic E-state index is 13.8. The number of likely N-dealkylation sites (tertiary alicyclic amines) is 1. The molecule has 1 unspecified atom stereocenters. The van der Waals surface area contributed by atoms with Gasteiger partial charge in [0.1, 0.15) is 10.7 Å². The van der Waals surface area contributed by atoms with E-state index in [9.17, 15) is 17.6 Å². The lowest BCUT2D eigenvalue weighted by atomic mass is 9.97. The van der Waals surface area contributed by atoms with Crippen molar-refractivity contribution in [2.24, 2.45) is 11.1 Å². The van der Waals surface area contributed by atoms with E-state index in [2.05, 4.69) is 5.32 Å². The van der Waals surface area contributed by atoms with E-state index >= 15 is 0 Å². The second-order valence-corrected chi connectivity index (χ2v) is 7.04. The van der Waals surface area contributed by atoms with Crippen molar-refractivity contribution in [2.45, 2.75) is 17.7 Å². The molecule has 0 bridgehead atoms. The number of primary sulfonamides is 1. The summed E-state index contributed by atoms with van der Waals surface area (Å²) in [6, 6.07) is 3.27. The summed E-state index contributed by atoms with van der Waals surface area (Å²) in [5, 5.41) is 8.00. The van der Waals surface area contributed by atoms with Gasteiger partial charge >= 0.3 is 0 Å². The summed E-state index contributed by atoms with van der Waals surface area (Å²) in [5.41, 5.74) is 0.134. The van der Waals surface area contributed by atoms with E-state index in [4.69, 9.17) is 5.14 Å². The van der Waals surface area contributed by atoms with Crippen LogP contribution < -0.4 is 10.5 Å². The molecule has 8 heteroatoms. The predicted molar refractivity (Wildman–Crippen MR) is 80.3 cm³/mol. The average Bonchev–Trinajstić information content (AvgIpc) is 2.45. The van der Waals surface area contributed by atoms with Crippen molar-refractivity contribution in [2.75, 3.05) is 26.7 Å². The highest BCUT2D eigenvalue weighted by Crippen LogP contribution is 2.20. The first-order chi connectivity index (χ1) is 10.3. The van der Waals surface area contributed by atoms with Crippen molar-refractivity contribution in [1.82, 2.24) is 10.2 Å². The van der Waals surface area contributed by atoms with E-state index in [1.165, 1.54) is 6.07 Å². The minimum absolute atomic E-state index is 0.134. The summed E-state index contributed by atoms with van der Waals surface area (Å²) in [6.07, 6.45) is 1.94. The van der Waals surface area contributed by atoms with Gasteiger partial charge < -0.3 is 10.2 Å². The van der Waals surface area contributed by atoms with Crippen molar-refractivity contribution in [3.8, 4) is 0 Å². The SMILES string of the molecule is CNCC1CCCN(C(=O)c2ccc(S(N)(=O)=O)c(F)c2)C1. The van der Waals surface area contributed by atoms with Crippen LogP contribution in [0, 0.1) is 11.7 Å². The molecule has 1 saturated heterocycles. The summed E-state index contributed by atoms with van der Waals surface area (Å²) in [5.74, 6) is -0.922. The largest absolute Gasteiger partial charge is 0.338 e. The zero-order chi connectivity index (χ0) is 16.3. The average molecular weight is 329 g/mol. The normalized spacial score (nSPS) is 19.2. The van der Waals surface area contributed by atoms with Crippen LogP contribution in [0.15, 0.2) is 23.1 Å². The second-order valence-electron chi connectivity index (χ2n) is 5.51.